The van der Waals surface area contributed by atoms with Crippen LogP contribution in [0.3, 0.4) is 0 Å². The zero-order chi connectivity index (χ0) is 29.9. The van der Waals surface area contributed by atoms with E-state index in [0.29, 0.717) is 0 Å². The van der Waals surface area contributed by atoms with Crippen LogP contribution in [0.15, 0.2) is 137 Å². The third-order valence-electron chi connectivity index (χ3n) is 8.47. The molecule has 9 aromatic rings. The van der Waals surface area contributed by atoms with Crippen LogP contribution in [0.4, 0.5) is 0 Å². The number of para-hydroxylation sites is 2. The van der Waals surface area contributed by atoms with Crippen molar-refractivity contribution in [2.45, 2.75) is 0 Å². The number of aryl methyl sites for hydroxylation is 1. The van der Waals surface area contributed by atoms with E-state index in [-0.39, 0.29) is 21.1 Å². The third-order valence-corrected chi connectivity index (χ3v) is 8.47. The molecular weight excluding hydrogens is 752 g/mol. The number of nitrogens with zero attached hydrogens (tertiary/aromatic N) is 4. The fourth-order valence-corrected chi connectivity index (χ4v) is 6.21. The Balaban J connectivity index is 0.00000312. The summed E-state index contributed by atoms with van der Waals surface area (Å²) < 4.78 is 15.0. The Morgan fingerprint density at radius 3 is 2.22 bits per heavy atom. The van der Waals surface area contributed by atoms with Gasteiger partial charge < -0.3 is 23.0 Å². The molecule has 5 heterocycles. The van der Waals surface area contributed by atoms with Crippen molar-refractivity contribution in [2.24, 2.45) is 7.05 Å². The fraction of sp³-hybridized carbons (Fsp3) is 0.0256. The van der Waals surface area contributed by atoms with E-state index in [0.717, 1.165) is 83.4 Å². The maximum atomic E-state index is 5.39. The first kappa shape index (κ1) is 28.1. The number of pyridine rings is 1. The number of benzene rings is 4. The number of fused-ring (bicyclic) bond motifs is 4. The van der Waals surface area contributed by atoms with Gasteiger partial charge in [-0.15, -0.1) is 53.6 Å². The molecule has 0 amide bonds. The summed E-state index contributed by atoms with van der Waals surface area (Å²) in [6.07, 6.45) is 8.74. The van der Waals surface area contributed by atoms with Crippen LogP contribution in [0.25, 0.3) is 83.4 Å². The average molecular weight is 776 g/mol. The third kappa shape index (κ3) is 4.53. The van der Waals surface area contributed by atoms with E-state index in [1.807, 2.05) is 48.7 Å². The molecular formula is C39H24N4O2Pt. The molecule has 0 atom stereocenters. The summed E-state index contributed by atoms with van der Waals surface area (Å²) >= 11 is 0. The second-order valence-electron chi connectivity index (χ2n) is 11.1. The monoisotopic (exact) mass is 775 g/mol. The molecule has 0 bridgehead atoms. The zero-order valence-corrected chi connectivity index (χ0v) is 26.8. The normalized spacial score (nSPS) is 11.4. The van der Waals surface area contributed by atoms with E-state index in [9.17, 15) is 0 Å². The van der Waals surface area contributed by atoms with Gasteiger partial charge in [0.25, 0.3) is 0 Å². The summed E-state index contributed by atoms with van der Waals surface area (Å²) in [6, 6.07) is 40.6. The van der Waals surface area contributed by atoms with Crippen LogP contribution < -0.4 is 0 Å². The van der Waals surface area contributed by atoms with E-state index in [2.05, 4.69) is 82.9 Å². The molecule has 9 rings (SSSR count). The molecule has 0 N–H and O–H groups in total. The Labute approximate surface area is 278 Å². The Morgan fingerprint density at radius 2 is 1.46 bits per heavy atom. The van der Waals surface area contributed by atoms with Gasteiger partial charge in [-0.1, -0.05) is 41.8 Å². The Bertz CT molecular complexity index is 2490. The van der Waals surface area contributed by atoms with Crippen molar-refractivity contribution in [3.63, 3.8) is 0 Å². The van der Waals surface area contributed by atoms with Gasteiger partial charge in [0.1, 0.15) is 0 Å². The van der Waals surface area contributed by atoms with Crippen molar-refractivity contribution in [2.75, 3.05) is 0 Å². The standard InChI is InChI=1S/C39H24N4O2.Pt/c1-42-37-8-3-2-7-35(37)41-39(42)27-9-12-32-33-20-25(29-15-17-44-23-29)11-14-36(33)43(38(32)21-27)31-6-4-5-26(19-31)34-13-10-28(22-40-34)30-16-18-45-24-30;/h2-18,20,22-24H,1H3;/q-2;+2. The van der Waals surface area contributed by atoms with Crippen LogP contribution in [0.1, 0.15) is 0 Å². The average Bonchev–Trinajstić information content (AvgIpc) is 3.91. The van der Waals surface area contributed by atoms with E-state index in [4.69, 9.17) is 18.8 Å². The number of hydrogen-bond acceptors (Lipinski definition) is 4. The Kier molecular flexibility index (Phi) is 6.81. The maximum Gasteiger partial charge on any atom is 2.00 e. The van der Waals surface area contributed by atoms with Gasteiger partial charge in [0, 0.05) is 35.5 Å². The minimum atomic E-state index is 0. The van der Waals surface area contributed by atoms with E-state index < -0.39 is 0 Å². The van der Waals surface area contributed by atoms with E-state index in [1.165, 1.54) is 0 Å². The molecule has 0 saturated carbocycles. The molecule has 0 unspecified atom stereocenters. The number of aromatic nitrogens is 4. The summed E-state index contributed by atoms with van der Waals surface area (Å²) in [5.74, 6) is 0.869. The van der Waals surface area contributed by atoms with Crippen LogP contribution >= 0.6 is 0 Å². The molecule has 0 saturated heterocycles. The van der Waals surface area contributed by atoms with Crippen molar-refractivity contribution >= 4 is 32.8 Å². The molecule has 7 heteroatoms. The summed E-state index contributed by atoms with van der Waals surface area (Å²) in [7, 11) is 2.05. The zero-order valence-electron chi connectivity index (χ0n) is 24.5. The number of hydrogen-bond donors (Lipinski definition) is 0. The minimum absolute atomic E-state index is 0. The summed E-state index contributed by atoms with van der Waals surface area (Å²) in [5.41, 5.74) is 11.8. The minimum Gasteiger partial charge on any atom is -0.472 e. The topological polar surface area (TPSA) is 61.9 Å². The number of imidazole rings is 1. The van der Waals surface area contributed by atoms with E-state index in [1.54, 1.807) is 25.1 Å². The Hall–Kier alpha value is -5.45. The molecule has 222 valence electrons. The van der Waals surface area contributed by atoms with Crippen LogP contribution in [0.5, 0.6) is 0 Å². The SMILES string of the molecule is Cn1c(-c2[c-]c3c(cc2)c2cc(-c4ccoc4)ccc2n3-c2[c-]c(-c3ccc(-c4ccoc4)cn3)ccc2)nc2ccccc21.[Pt+2]. The van der Waals surface area contributed by atoms with Crippen molar-refractivity contribution in [1.29, 1.82) is 0 Å². The molecule has 0 spiro atoms. The molecule has 0 aliphatic carbocycles. The summed E-state index contributed by atoms with van der Waals surface area (Å²) in [5, 5.41) is 2.22. The first-order valence-electron chi connectivity index (χ1n) is 14.7. The summed E-state index contributed by atoms with van der Waals surface area (Å²) in [4.78, 5) is 9.73. The fourth-order valence-electron chi connectivity index (χ4n) is 6.21. The number of rotatable bonds is 5. The quantitative estimate of drug-likeness (QED) is 0.164. The summed E-state index contributed by atoms with van der Waals surface area (Å²) in [6.45, 7) is 0. The largest absolute Gasteiger partial charge is 2.00 e. The molecule has 0 aliphatic heterocycles. The van der Waals surface area contributed by atoms with Crippen molar-refractivity contribution in [3.05, 3.63) is 140 Å². The molecule has 6 nitrogen and oxygen atoms in total. The van der Waals surface area contributed by atoms with Gasteiger partial charge in [-0.2, -0.15) is 0 Å². The smallest absolute Gasteiger partial charge is 0.472 e. The van der Waals surface area contributed by atoms with Gasteiger partial charge in [-0.05, 0) is 58.2 Å². The number of furan rings is 2. The van der Waals surface area contributed by atoms with Crippen LogP contribution in [-0.2, 0) is 28.1 Å². The molecule has 0 radical (unpaired) electrons. The van der Waals surface area contributed by atoms with Gasteiger partial charge in [-0.25, -0.2) is 0 Å². The van der Waals surface area contributed by atoms with Gasteiger partial charge in [0.2, 0.25) is 0 Å². The first-order chi connectivity index (χ1) is 22.2. The predicted octanol–water partition coefficient (Wildman–Crippen LogP) is 9.52. The second-order valence-corrected chi connectivity index (χ2v) is 11.1. The first-order valence-corrected chi connectivity index (χ1v) is 14.7. The second kappa shape index (κ2) is 11.2. The molecule has 0 aliphatic rings. The van der Waals surface area contributed by atoms with Gasteiger partial charge >= 0.3 is 21.1 Å². The van der Waals surface area contributed by atoms with Gasteiger partial charge in [-0.3, -0.25) is 4.98 Å². The van der Waals surface area contributed by atoms with Crippen molar-refractivity contribution < 1.29 is 29.9 Å². The van der Waals surface area contributed by atoms with Crippen LogP contribution in [-0.4, -0.2) is 19.1 Å². The Morgan fingerprint density at radius 1 is 0.652 bits per heavy atom. The van der Waals surface area contributed by atoms with Gasteiger partial charge in [0.15, 0.2) is 0 Å². The van der Waals surface area contributed by atoms with Crippen molar-refractivity contribution in [3.8, 4) is 50.6 Å². The molecule has 46 heavy (non-hydrogen) atoms. The van der Waals surface area contributed by atoms with Crippen LogP contribution in [0, 0.1) is 12.1 Å². The van der Waals surface area contributed by atoms with Gasteiger partial charge in [0.05, 0.1) is 41.9 Å². The maximum absolute atomic E-state index is 5.39. The predicted molar refractivity (Wildman–Crippen MR) is 177 cm³/mol. The van der Waals surface area contributed by atoms with Crippen LogP contribution in [0.2, 0.25) is 0 Å². The molecule has 0 fully saturated rings. The van der Waals surface area contributed by atoms with Crippen molar-refractivity contribution in [1.82, 2.24) is 19.1 Å². The molecule has 4 aromatic carbocycles. The molecule has 5 aromatic heterocycles. The van der Waals surface area contributed by atoms with E-state index >= 15 is 0 Å².